The molecule has 146 heavy (non-hydrogen) atoms. The average Bonchev–Trinajstić information content (AvgIpc) is 1.68. The molecule has 44 nitrogen and oxygen atoms in total. The van der Waals surface area contributed by atoms with Crippen molar-refractivity contribution in [2.45, 2.75) is 75.8 Å². The van der Waals surface area contributed by atoms with Crippen LogP contribution in [0.2, 0.25) is 0 Å². The fourth-order valence-electron chi connectivity index (χ4n) is 13.5. The molecule has 0 aliphatic carbocycles. The first-order chi connectivity index (χ1) is 71.3. The Morgan fingerprint density at radius 3 is 0.671 bits per heavy atom. The number of rotatable bonds is 85. The Labute approximate surface area is 848 Å². The minimum Gasteiger partial charge on any atom is -0.508 e. The van der Waals surface area contributed by atoms with Crippen LogP contribution in [0.25, 0.3) is 21.8 Å². The largest absolute Gasteiger partial charge is 0.508 e. The van der Waals surface area contributed by atoms with E-state index in [1.54, 1.807) is 36.7 Å². The van der Waals surface area contributed by atoms with Gasteiger partial charge in [-0.15, -0.1) is 0 Å². The number of alkyl carbamates (subject to hydrolysis) is 2. The number of amides is 8. The highest BCUT2D eigenvalue weighted by molar-refractivity contribution is 6.01. The Morgan fingerprint density at radius 2 is 0.438 bits per heavy atom. The lowest BCUT2D eigenvalue weighted by atomic mass is 10.0. The van der Waals surface area contributed by atoms with E-state index in [-0.39, 0.29) is 102 Å². The van der Waals surface area contributed by atoms with E-state index in [1.165, 1.54) is 86.6 Å². The average molecular weight is 2050 g/mol. The van der Waals surface area contributed by atoms with Crippen molar-refractivity contribution in [2.24, 2.45) is 0 Å². The first-order valence-corrected chi connectivity index (χ1v) is 48.8. The lowest BCUT2D eigenvalue weighted by molar-refractivity contribution is -0.131. The summed E-state index contributed by atoms with van der Waals surface area (Å²) in [5.74, 6) is -3.79. The Morgan fingerprint density at radius 1 is 0.233 bits per heavy atom. The van der Waals surface area contributed by atoms with Gasteiger partial charge < -0.3 is 177 Å². The highest BCUT2D eigenvalue weighted by Crippen LogP contribution is 2.24. The molecule has 0 fully saturated rings. The Hall–Kier alpha value is -11.8. The van der Waals surface area contributed by atoms with Crippen molar-refractivity contribution in [3.05, 3.63) is 180 Å². The third-order valence-corrected chi connectivity index (χ3v) is 21.2. The monoisotopic (exact) mass is 2050 g/mol. The number of carbonyl (C=O) groups excluding carboxylic acids is 8. The van der Waals surface area contributed by atoms with Gasteiger partial charge in [-0.25, -0.2) is 9.59 Å². The van der Waals surface area contributed by atoms with E-state index in [0.29, 0.717) is 247 Å². The first kappa shape index (κ1) is 119. The summed E-state index contributed by atoms with van der Waals surface area (Å²) in [4.78, 5) is 115. The van der Waals surface area contributed by atoms with Gasteiger partial charge in [-0.3, -0.25) is 28.8 Å². The van der Waals surface area contributed by atoms with Gasteiger partial charge in [-0.1, -0.05) is 60.7 Å². The van der Waals surface area contributed by atoms with Crippen LogP contribution >= 0.6 is 0 Å². The van der Waals surface area contributed by atoms with Crippen LogP contribution in [0.4, 0.5) is 21.0 Å². The molecular formula is C102H144N10O34. The van der Waals surface area contributed by atoms with Gasteiger partial charge in [0.1, 0.15) is 72.5 Å². The van der Waals surface area contributed by atoms with Crippen LogP contribution in [0.5, 0.6) is 23.0 Å². The summed E-state index contributed by atoms with van der Waals surface area (Å²) >= 11 is 0. The van der Waals surface area contributed by atoms with Crippen molar-refractivity contribution in [1.82, 2.24) is 41.9 Å². The van der Waals surface area contributed by atoms with Crippen LogP contribution < -0.4 is 42.5 Å². The molecule has 0 aliphatic rings. The number of phenolic OH excluding ortho intramolecular Hbond substituents is 4. The van der Waals surface area contributed by atoms with Crippen molar-refractivity contribution in [3.8, 4) is 23.0 Å². The molecule has 0 spiro atoms. The van der Waals surface area contributed by atoms with Gasteiger partial charge in [0, 0.05) is 71.3 Å². The third kappa shape index (κ3) is 53.0. The number of carbonyl (C=O) groups is 8. The quantitative estimate of drug-likeness (QED) is 0.0165. The molecule has 0 bridgehead atoms. The van der Waals surface area contributed by atoms with Gasteiger partial charge in [-0.05, 0) is 121 Å². The number of anilines is 2. The van der Waals surface area contributed by atoms with Gasteiger partial charge >= 0.3 is 12.2 Å². The summed E-state index contributed by atoms with van der Waals surface area (Å²) in [6.07, 6.45) is 1.86. The molecule has 806 valence electrons. The van der Waals surface area contributed by atoms with Crippen molar-refractivity contribution >= 4 is 80.8 Å². The number of hydrogen-bond donors (Lipinski definition) is 14. The van der Waals surface area contributed by atoms with E-state index in [1.807, 2.05) is 48.5 Å². The second-order valence-electron chi connectivity index (χ2n) is 32.4. The molecule has 6 atom stereocenters. The number of aromatic amines is 2. The third-order valence-electron chi connectivity index (χ3n) is 21.2. The van der Waals surface area contributed by atoms with Gasteiger partial charge in [-0.2, -0.15) is 0 Å². The molecule has 8 rings (SSSR count). The summed E-state index contributed by atoms with van der Waals surface area (Å²) in [6, 6.07) is 32.0. The molecular weight excluding hydrogens is 1910 g/mol. The summed E-state index contributed by atoms with van der Waals surface area (Å²) < 4.78 is 122. The topological polar surface area (TPSA) is 548 Å². The summed E-state index contributed by atoms with van der Waals surface area (Å²) in [5.41, 5.74) is 5.20. The van der Waals surface area contributed by atoms with Crippen LogP contribution in [0.1, 0.15) is 36.1 Å². The summed E-state index contributed by atoms with van der Waals surface area (Å²) in [6.45, 7) is 17.6. The summed E-state index contributed by atoms with van der Waals surface area (Å²) in [5, 5.41) is 62.4. The van der Waals surface area contributed by atoms with Crippen molar-refractivity contribution in [3.63, 3.8) is 0 Å². The van der Waals surface area contributed by atoms with Crippen LogP contribution in [-0.2, 0) is 159 Å². The molecule has 8 aromatic rings. The SMILES string of the molecule is C[C@H](NC(=O)[C@H](Cc1ccc(O)cc1)NC(=O)OCCOCCOCCOCCOCCOCCOCCOCCOCCOCCOCCOCCOCCOCCOCCOCCOCCOCCOCCOCCOCCOC(=O)N[C@@H](Cc1ccc(O)cc1)C(=O)N[C@@H](C)C(=O)N[C@@H](Cc1c[nH]c2ccccc12)C(=O)Nc1ccc(O)cc1)C(=O)N[C@@H](Cc1c[nH]c2ccccc12)C(=O)Nc1ccc(O)cc1. The number of para-hydroxylation sites is 2. The van der Waals surface area contributed by atoms with E-state index in [2.05, 4.69) is 52.5 Å². The normalized spacial score (nSPS) is 12.6. The predicted octanol–water partition coefficient (Wildman–Crippen LogP) is 5.52. The molecule has 14 N–H and O–H groups in total. The molecule has 44 heteroatoms. The Kier molecular flexibility index (Phi) is 61.3. The summed E-state index contributed by atoms with van der Waals surface area (Å²) in [7, 11) is 0. The van der Waals surface area contributed by atoms with Gasteiger partial charge in [0.25, 0.3) is 0 Å². The fraction of sp³-hybridized carbons (Fsp3) is 0.529. The highest BCUT2D eigenvalue weighted by Gasteiger charge is 2.32. The smallest absolute Gasteiger partial charge is 0.407 e. The maximum Gasteiger partial charge on any atom is 0.407 e. The number of H-pyrrole nitrogens is 2. The van der Waals surface area contributed by atoms with E-state index in [9.17, 15) is 58.8 Å². The number of phenols is 4. The number of aromatic hydroxyl groups is 4. The Bertz CT molecular complexity index is 4590. The molecule has 0 radical (unpaired) electrons. The van der Waals surface area contributed by atoms with Crippen molar-refractivity contribution in [2.75, 3.05) is 288 Å². The molecule has 0 aliphatic heterocycles. The fourth-order valence-corrected chi connectivity index (χ4v) is 13.5. The molecule has 2 aromatic heterocycles. The van der Waals surface area contributed by atoms with E-state index >= 15 is 0 Å². The zero-order valence-electron chi connectivity index (χ0n) is 83.0. The number of fused-ring (bicyclic) bond motifs is 2. The standard InChI is InChI=1S/C102H144N10O34/c1-75(95(117)109-93(99(121)107-81-15-23-85(115)24-16-81)71-79-73-103-89-9-5-3-7-87(79)89)105-97(119)91(69-77-11-19-83(113)20-12-77)111-101(123)145-67-65-143-63-61-141-59-57-139-55-53-137-51-49-135-47-45-133-43-41-131-39-37-129-35-33-127-31-29-125-27-28-126-30-32-128-34-36-130-38-40-132-42-44-134-46-48-136-50-52-138-54-56-140-58-60-142-62-64-144-66-68-146-102(124)112-92(70-78-13-21-84(114)22-14-78)98(120)106-76(2)96(118)110-94(100(122)108-82-17-25-86(116)26-18-82)72-80-74-104-90-10-6-4-8-88(80)90/h3-26,73-76,91-94,103-104,113-116H,27-72H2,1-2H3,(H,105,119)(H,106,120)(H,107,121)(H,108,122)(H,109,117)(H,110,118)(H,111,123)(H,112,124)/t75-,76-,91-,92-,93-,94-/m0/s1. The number of aromatic nitrogens is 2. The van der Waals surface area contributed by atoms with Crippen LogP contribution in [-0.4, -0.2) is 392 Å². The van der Waals surface area contributed by atoms with Crippen LogP contribution in [0, 0.1) is 0 Å². The van der Waals surface area contributed by atoms with Gasteiger partial charge in [0.2, 0.25) is 35.4 Å². The number of hydrogen-bond acceptors (Lipinski definition) is 34. The molecule has 0 saturated heterocycles. The van der Waals surface area contributed by atoms with Crippen LogP contribution in [0.3, 0.4) is 0 Å². The molecule has 0 saturated carbocycles. The molecule has 0 unspecified atom stereocenters. The zero-order valence-corrected chi connectivity index (χ0v) is 83.0. The highest BCUT2D eigenvalue weighted by atomic mass is 16.6. The van der Waals surface area contributed by atoms with Gasteiger partial charge in [0.05, 0.1) is 264 Å². The maximum atomic E-state index is 13.8. The second kappa shape index (κ2) is 74.9. The minimum absolute atomic E-state index is 0.00745. The Balaban J connectivity index is 0.481. The van der Waals surface area contributed by atoms with Crippen molar-refractivity contribution in [1.29, 1.82) is 0 Å². The van der Waals surface area contributed by atoms with E-state index < -0.39 is 83.9 Å². The lowest BCUT2D eigenvalue weighted by Gasteiger charge is -2.23. The molecule has 6 aromatic carbocycles. The molecule has 2 heterocycles. The maximum absolute atomic E-state index is 13.8. The minimum atomic E-state index is -1.22. The number of ether oxygens (including phenoxy) is 22. The zero-order chi connectivity index (χ0) is 104. The molecule has 8 amide bonds. The number of benzene rings is 6. The van der Waals surface area contributed by atoms with E-state index in [0.717, 1.165) is 32.9 Å². The number of nitrogens with one attached hydrogen (secondary N) is 10. The van der Waals surface area contributed by atoms with Crippen molar-refractivity contribution < 1.29 is 163 Å². The van der Waals surface area contributed by atoms with Crippen LogP contribution in [0.15, 0.2) is 158 Å². The second-order valence-corrected chi connectivity index (χ2v) is 32.4. The first-order valence-electron chi connectivity index (χ1n) is 48.8. The van der Waals surface area contributed by atoms with Gasteiger partial charge in [0.15, 0.2) is 0 Å². The van der Waals surface area contributed by atoms with E-state index in [4.69, 9.17) is 104 Å². The lowest BCUT2D eigenvalue weighted by Crippen LogP contribution is -2.56. The predicted molar refractivity (Wildman–Crippen MR) is 533 cm³/mol.